The Hall–Kier alpha value is -1.22. The first kappa shape index (κ1) is 12.8. The third kappa shape index (κ3) is 2.47. The molecule has 1 spiro atoms. The van der Waals surface area contributed by atoms with Crippen molar-refractivity contribution in [3.8, 4) is 12.3 Å². The molecule has 1 saturated heterocycles. The number of terminal acetylenes is 1. The summed E-state index contributed by atoms with van der Waals surface area (Å²) in [5, 5.41) is 10.4. The highest BCUT2D eigenvalue weighted by Gasteiger charge is 2.49. The number of carboxylic acids is 1. The second kappa shape index (κ2) is 4.34. The lowest BCUT2D eigenvalue weighted by atomic mass is 9.59. The quantitative estimate of drug-likeness (QED) is 0.624. The fraction of sp³-hybridized carbons (Fsp3) is 0.700. The minimum absolute atomic E-state index is 0.409. The standard InChI is InChI=1S/C8H11N.C2HF3O2/c1-2-7-8(6-9-7)4-3-5-8;3-2(4,5)1(6)7/h1,7,9H,3-6H2;(H,6,7). The summed E-state index contributed by atoms with van der Waals surface area (Å²) in [5.41, 5.74) is 0.564. The van der Waals surface area contributed by atoms with Gasteiger partial charge >= 0.3 is 12.1 Å². The average molecular weight is 235 g/mol. The van der Waals surface area contributed by atoms with Crippen molar-refractivity contribution in [1.82, 2.24) is 5.32 Å². The molecule has 2 rings (SSSR count). The molecular weight excluding hydrogens is 223 g/mol. The Balaban J connectivity index is 0.000000168. The summed E-state index contributed by atoms with van der Waals surface area (Å²) < 4.78 is 31.7. The topological polar surface area (TPSA) is 49.3 Å². The fourth-order valence-electron chi connectivity index (χ4n) is 1.82. The first-order chi connectivity index (χ1) is 7.32. The molecule has 2 N–H and O–H groups in total. The Morgan fingerprint density at radius 3 is 2.06 bits per heavy atom. The molecule has 0 aromatic heterocycles. The third-order valence-corrected chi connectivity index (χ3v) is 3.03. The molecule has 0 radical (unpaired) electrons. The van der Waals surface area contributed by atoms with E-state index in [4.69, 9.17) is 16.3 Å². The van der Waals surface area contributed by atoms with Crippen LogP contribution in [-0.2, 0) is 4.79 Å². The third-order valence-electron chi connectivity index (χ3n) is 3.03. The van der Waals surface area contributed by atoms with Crippen LogP contribution in [0.1, 0.15) is 19.3 Å². The van der Waals surface area contributed by atoms with Gasteiger partial charge < -0.3 is 10.4 Å². The van der Waals surface area contributed by atoms with E-state index in [2.05, 4.69) is 11.2 Å². The average Bonchev–Trinajstić information content (AvgIpc) is 1.99. The number of carbonyl (C=O) groups is 1. The monoisotopic (exact) mass is 235 g/mol. The van der Waals surface area contributed by atoms with Gasteiger partial charge in [-0.1, -0.05) is 12.3 Å². The van der Waals surface area contributed by atoms with E-state index in [9.17, 15) is 13.2 Å². The highest BCUT2D eigenvalue weighted by atomic mass is 19.4. The van der Waals surface area contributed by atoms with Gasteiger partial charge in [0, 0.05) is 12.0 Å². The summed E-state index contributed by atoms with van der Waals surface area (Å²) in [5.74, 6) is 0.0261. The minimum atomic E-state index is -5.08. The van der Waals surface area contributed by atoms with Crippen molar-refractivity contribution in [2.45, 2.75) is 31.5 Å². The number of rotatable bonds is 0. The first-order valence-corrected chi connectivity index (χ1v) is 4.81. The molecule has 0 aromatic rings. The Kier molecular flexibility index (Phi) is 3.48. The van der Waals surface area contributed by atoms with Gasteiger partial charge in [0.1, 0.15) is 0 Å². The van der Waals surface area contributed by atoms with Gasteiger partial charge in [0.05, 0.1) is 6.04 Å². The highest BCUT2D eigenvalue weighted by Crippen LogP contribution is 2.47. The van der Waals surface area contributed by atoms with Gasteiger partial charge in [0.25, 0.3) is 0 Å². The summed E-state index contributed by atoms with van der Waals surface area (Å²) >= 11 is 0. The molecule has 16 heavy (non-hydrogen) atoms. The second-order valence-corrected chi connectivity index (χ2v) is 4.00. The number of aliphatic carboxylic acids is 1. The molecule has 1 aliphatic carbocycles. The minimum Gasteiger partial charge on any atom is -0.475 e. The maximum atomic E-state index is 10.6. The van der Waals surface area contributed by atoms with E-state index in [1.54, 1.807) is 0 Å². The molecule has 0 aromatic carbocycles. The maximum absolute atomic E-state index is 10.6. The van der Waals surface area contributed by atoms with Crippen LogP contribution < -0.4 is 5.32 Å². The van der Waals surface area contributed by atoms with Crippen molar-refractivity contribution in [2.75, 3.05) is 6.54 Å². The van der Waals surface area contributed by atoms with Crippen LogP contribution in [0.5, 0.6) is 0 Å². The second-order valence-electron chi connectivity index (χ2n) is 4.00. The molecular formula is C10H12F3NO2. The molecule has 1 unspecified atom stereocenters. The lowest BCUT2D eigenvalue weighted by molar-refractivity contribution is -0.192. The SMILES string of the molecule is C#CC1NCC12CCC2.O=C(O)C(F)(F)F. The molecule has 1 atom stereocenters. The summed E-state index contributed by atoms with van der Waals surface area (Å²) in [6, 6.07) is 0.409. The van der Waals surface area contributed by atoms with Crippen molar-refractivity contribution in [2.24, 2.45) is 5.41 Å². The van der Waals surface area contributed by atoms with Crippen molar-refractivity contribution in [1.29, 1.82) is 0 Å². The van der Waals surface area contributed by atoms with Gasteiger partial charge in [0.15, 0.2) is 0 Å². The van der Waals surface area contributed by atoms with Crippen LogP contribution >= 0.6 is 0 Å². The predicted molar refractivity (Wildman–Crippen MR) is 50.6 cm³/mol. The number of hydrogen-bond acceptors (Lipinski definition) is 2. The van der Waals surface area contributed by atoms with Crippen LogP contribution in [0.4, 0.5) is 13.2 Å². The zero-order valence-corrected chi connectivity index (χ0v) is 8.47. The van der Waals surface area contributed by atoms with Crippen molar-refractivity contribution in [3.63, 3.8) is 0 Å². The van der Waals surface area contributed by atoms with Crippen LogP contribution in [-0.4, -0.2) is 29.8 Å². The molecule has 2 fully saturated rings. The van der Waals surface area contributed by atoms with Crippen LogP contribution in [0.2, 0.25) is 0 Å². The lowest BCUT2D eigenvalue weighted by Gasteiger charge is -2.54. The van der Waals surface area contributed by atoms with E-state index in [1.807, 2.05) is 0 Å². The van der Waals surface area contributed by atoms with Gasteiger partial charge in [-0.25, -0.2) is 4.79 Å². The number of carboxylic acid groups (broad SMARTS) is 1. The van der Waals surface area contributed by atoms with Crippen molar-refractivity contribution >= 4 is 5.97 Å². The lowest BCUT2D eigenvalue weighted by Crippen LogP contribution is -2.64. The van der Waals surface area contributed by atoms with Gasteiger partial charge in [-0.05, 0) is 12.8 Å². The predicted octanol–water partition coefficient (Wildman–Crippen LogP) is 1.40. The smallest absolute Gasteiger partial charge is 0.475 e. The molecule has 0 amide bonds. The maximum Gasteiger partial charge on any atom is 0.490 e. The Morgan fingerprint density at radius 1 is 1.50 bits per heavy atom. The number of nitrogens with one attached hydrogen (secondary N) is 1. The van der Waals surface area contributed by atoms with Gasteiger partial charge in [-0.2, -0.15) is 13.2 Å². The van der Waals surface area contributed by atoms with E-state index in [0.29, 0.717) is 11.5 Å². The summed E-state index contributed by atoms with van der Waals surface area (Å²) in [6.45, 7) is 1.17. The van der Waals surface area contributed by atoms with E-state index in [-0.39, 0.29) is 0 Å². The summed E-state index contributed by atoms with van der Waals surface area (Å²) in [7, 11) is 0. The molecule has 6 heteroatoms. The molecule has 1 heterocycles. The molecule has 0 bridgehead atoms. The Morgan fingerprint density at radius 2 is 2.00 bits per heavy atom. The van der Waals surface area contributed by atoms with E-state index in [0.717, 1.165) is 0 Å². The number of alkyl halides is 3. The van der Waals surface area contributed by atoms with Crippen LogP contribution in [0.15, 0.2) is 0 Å². The molecule has 2 aliphatic rings. The van der Waals surface area contributed by atoms with Gasteiger partial charge in [-0.3, -0.25) is 0 Å². The first-order valence-electron chi connectivity index (χ1n) is 4.81. The van der Waals surface area contributed by atoms with Crippen LogP contribution in [0.25, 0.3) is 0 Å². The van der Waals surface area contributed by atoms with Crippen LogP contribution in [0, 0.1) is 17.8 Å². The van der Waals surface area contributed by atoms with Gasteiger partial charge in [0.2, 0.25) is 0 Å². The van der Waals surface area contributed by atoms with E-state index in [1.165, 1.54) is 25.8 Å². The number of halogens is 3. The van der Waals surface area contributed by atoms with E-state index >= 15 is 0 Å². The number of hydrogen-bond donors (Lipinski definition) is 2. The van der Waals surface area contributed by atoms with Crippen molar-refractivity contribution < 1.29 is 23.1 Å². The zero-order valence-electron chi connectivity index (χ0n) is 8.47. The Labute approximate surface area is 91.0 Å². The Bertz CT molecular complexity index is 309. The van der Waals surface area contributed by atoms with Gasteiger partial charge in [-0.15, -0.1) is 6.42 Å². The van der Waals surface area contributed by atoms with E-state index < -0.39 is 12.1 Å². The fourth-order valence-corrected chi connectivity index (χ4v) is 1.82. The molecule has 1 aliphatic heterocycles. The summed E-state index contributed by atoms with van der Waals surface area (Å²) in [4.78, 5) is 8.90. The highest BCUT2D eigenvalue weighted by molar-refractivity contribution is 5.73. The molecule has 90 valence electrons. The van der Waals surface area contributed by atoms with Crippen molar-refractivity contribution in [3.05, 3.63) is 0 Å². The normalized spacial score (nSPS) is 25.5. The molecule has 1 saturated carbocycles. The van der Waals surface area contributed by atoms with Crippen LogP contribution in [0.3, 0.4) is 0 Å². The molecule has 3 nitrogen and oxygen atoms in total. The zero-order chi connectivity index (χ0) is 12.4. The largest absolute Gasteiger partial charge is 0.490 e. The summed E-state index contributed by atoms with van der Waals surface area (Å²) in [6.07, 6.45) is 4.32.